The van der Waals surface area contributed by atoms with Crippen molar-refractivity contribution in [1.29, 1.82) is 0 Å². The molecule has 1 amide bonds. The van der Waals surface area contributed by atoms with Gasteiger partial charge in [-0.25, -0.2) is 9.97 Å². The number of aryl methyl sites for hydroxylation is 1. The van der Waals surface area contributed by atoms with Crippen molar-refractivity contribution < 1.29 is 14.3 Å². The van der Waals surface area contributed by atoms with E-state index in [9.17, 15) is 4.79 Å². The molecule has 1 atom stereocenters. The second kappa shape index (κ2) is 9.75. The number of hydrogen-bond donors (Lipinski definition) is 2. The van der Waals surface area contributed by atoms with Crippen LogP contribution in [0, 0.1) is 6.92 Å². The summed E-state index contributed by atoms with van der Waals surface area (Å²) >= 11 is 6.33. The Bertz CT molecular complexity index is 1310. The van der Waals surface area contributed by atoms with Crippen LogP contribution in [0.25, 0.3) is 10.9 Å². The fourth-order valence-corrected chi connectivity index (χ4v) is 5.31. The molecule has 5 rings (SSSR count). The molecule has 2 aromatic heterocycles. The van der Waals surface area contributed by atoms with Gasteiger partial charge in [0.1, 0.15) is 11.3 Å². The third-order valence-corrected chi connectivity index (χ3v) is 7.59. The largest absolute Gasteiger partial charge is 0.495 e. The Balaban J connectivity index is 1.53. The van der Waals surface area contributed by atoms with Gasteiger partial charge >= 0.3 is 0 Å². The number of pyridine rings is 2. The lowest BCUT2D eigenvalue weighted by Gasteiger charge is -2.27. The Morgan fingerprint density at radius 1 is 1.19 bits per heavy atom. The van der Waals surface area contributed by atoms with E-state index in [1.54, 1.807) is 20.4 Å². The summed E-state index contributed by atoms with van der Waals surface area (Å²) in [6.07, 6.45) is 5.11. The van der Waals surface area contributed by atoms with E-state index in [0.29, 0.717) is 27.7 Å². The fraction of sp³-hybridized carbons (Fsp3) is 0.444. The second-order valence-electron chi connectivity index (χ2n) is 9.72. The molecule has 0 unspecified atom stereocenters. The van der Waals surface area contributed by atoms with Crippen molar-refractivity contribution in [3.05, 3.63) is 52.3 Å². The summed E-state index contributed by atoms with van der Waals surface area (Å²) in [7, 11) is 3.17. The van der Waals surface area contributed by atoms with Gasteiger partial charge in [0.15, 0.2) is 0 Å². The van der Waals surface area contributed by atoms with Crippen molar-refractivity contribution in [2.45, 2.75) is 44.7 Å². The van der Waals surface area contributed by atoms with Crippen LogP contribution in [-0.2, 0) is 0 Å². The molecule has 36 heavy (non-hydrogen) atoms. The summed E-state index contributed by atoms with van der Waals surface area (Å²) in [5.74, 6) is 0.873. The SMILES string of the molecule is COc1ccc([C@H](C)NC(=O)c2cnc3c(OC)nc(C)cc3c2N2CCNC3(CC2)CC3)cc1Cl. The van der Waals surface area contributed by atoms with E-state index >= 15 is 0 Å². The van der Waals surface area contributed by atoms with Gasteiger partial charge in [0.05, 0.1) is 36.5 Å². The Labute approximate surface area is 216 Å². The summed E-state index contributed by atoms with van der Waals surface area (Å²) in [5, 5.41) is 8.23. The molecule has 1 spiro atoms. The highest BCUT2D eigenvalue weighted by Gasteiger charge is 2.43. The van der Waals surface area contributed by atoms with Crippen LogP contribution in [0.15, 0.2) is 30.5 Å². The van der Waals surface area contributed by atoms with Gasteiger partial charge in [0.25, 0.3) is 5.91 Å². The minimum Gasteiger partial charge on any atom is -0.495 e. The third-order valence-electron chi connectivity index (χ3n) is 7.30. The van der Waals surface area contributed by atoms with E-state index in [2.05, 4.69) is 25.5 Å². The molecule has 8 nitrogen and oxygen atoms in total. The molecule has 3 aromatic rings. The van der Waals surface area contributed by atoms with Crippen molar-refractivity contribution in [2.75, 3.05) is 38.8 Å². The first-order chi connectivity index (χ1) is 17.3. The summed E-state index contributed by atoms with van der Waals surface area (Å²) in [6, 6.07) is 7.27. The molecule has 1 saturated heterocycles. The zero-order valence-electron chi connectivity index (χ0n) is 21.2. The monoisotopic (exact) mass is 509 g/mol. The standard InChI is InChI=1S/C27H32ClN5O3/c1-16-13-19-23(26(31-16)36-4)29-15-20(24(19)33-11-9-27(7-8-27)30-10-12-33)25(34)32-17(2)18-5-6-22(35-3)21(28)14-18/h5-6,13-15,17,30H,7-12H2,1-4H3,(H,32,34)/t17-/m0/s1. The van der Waals surface area contributed by atoms with Crippen LogP contribution in [0.5, 0.6) is 11.6 Å². The van der Waals surface area contributed by atoms with E-state index in [1.807, 2.05) is 38.1 Å². The summed E-state index contributed by atoms with van der Waals surface area (Å²) in [4.78, 5) is 25.1. The minimum atomic E-state index is -0.265. The number of anilines is 1. The Kier molecular flexibility index (Phi) is 6.66. The quantitative estimate of drug-likeness (QED) is 0.508. The smallest absolute Gasteiger partial charge is 0.255 e. The molecule has 2 aliphatic rings. The number of aromatic nitrogens is 2. The topological polar surface area (TPSA) is 88.6 Å². The number of carbonyl (C=O) groups excluding carboxylic acids is 1. The number of amides is 1. The van der Waals surface area contributed by atoms with Crippen LogP contribution in [-0.4, -0.2) is 55.3 Å². The third kappa shape index (κ3) is 4.67. The van der Waals surface area contributed by atoms with Crippen LogP contribution in [0.2, 0.25) is 5.02 Å². The zero-order valence-corrected chi connectivity index (χ0v) is 21.9. The number of methoxy groups -OCH3 is 2. The Hall–Kier alpha value is -3.10. The molecule has 1 aliphatic heterocycles. The highest BCUT2D eigenvalue weighted by Crippen LogP contribution is 2.41. The maximum absolute atomic E-state index is 13.7. The van der Waals surface area contributed by atoms with Gasteiger partial charge in [-0.2, -0.15) is 0 Å². The van der Waals surface area contributed by atoms with Gasteiger partial charge < -0.3 is 25.0 Å². The molecular weight excluding hydrogens is 478 g/mol. The maximum atomic E-state index is 13.7. The van der Waals surface area contributed by atoms with Gasteiger partial charge in [-0.1, -0.05) is 17.7 Å². The number of rotatable bonds is 6. The van der Waals surface area contributed by atoms with Gasteiger partial charge in [0, 0.05) is 42.5 Å². The number of fused-ring (bicyclic) bond motifs is 1. The molecule has 9 heteroatoms. The van der Waals surface area contributed by atoms with Gasteiger partial charge in [0.2, 0.25) is 5.88 Å². The molecule has 0 bridgehead atoms. The van der Waals surface area contributed by atoms with Crippen LogP contribution in [0.3, 0.4) is 0 Å². The summed E-state index contributed by atoms with van der Waals surface area (Å²) < 4.78 is 10.8. The summed E-state index contributed by atoms with van der Waals surface area (Å²) in [5.41, 5.74) is 4.03. The lowest BCUT2D eigenvalue weighted by atomic mass is 10.0. The van der Waals surface area contributed by atoms with Crippen molar-refractivity contribution in [3.63, 3.8) is 0 Å². The van der Waals surface area contributed by atoms with Gasteiger partial charge in [-0.3, -0.25) is 4.79 Å². The van der Waals surface area contributed by atoms with Crippen LogP contribution in [0.1, 0.15) is 53.8 Å². The second-order valence-corrected chi connectivity index (χ2v) is 10.1. The molecule has 2 fully saturated rings. The van der Waals surface area contributed by atoms with Crippen LogP contribution in [0.4, 0.5) is 5.69 Å². The first kappa shape index (κ1) is 24.6. The molecule has 0 radical (unpaired) electrons. The van der Waals surface area contributed by atoms with E-state index in [4.69, 9.17) is 21.1 Å². The lowest BCUT2D eigenvalue weighted by Crippen LogP contribution is -2.33. The average Bonchev–Trinajstić information content (AvgIpc) is 3.67. The number of halogens is 1. The van der Waals surface area contributed by atoms with E-state index in [1.165, 1.54) is 12.8 Å². The fourth-order valence-electron chi connectivity index (χ4n) is 5.04. The van der Waals surface area contributed by atoms with Gasteiger partial charge in [-0.15, -0.1) is 0 Å². The van der Waals surface area contributed by atoms with Crippen molar-refractivity contribution in [1.82, 2.24) is 20.6 Å². The van der Waals surface area contributed by atoms with Crippen LogP contribution >= 0.6 is 11.6 Å². The molecule has 190 valence electrons. The molecule has 1 aliphatic carbocycles. The van der Waals surface area contributed by atoms with Gasteiger partial charge in [-0.05, 0) is 56.9 Å². The number of nitrogens with one attached hydrogen (secondary N) is 2. The molecule has 1 saturated carbocycles. The first-order valence-electron chi connectivity index (χ1n) is 12.3. The van der Waals surface area contributed by atoms with E-state index in [0.717, 1.165) is 48.4 Å². The van der Waals surface area contributed by atoms with E-state index in [-0.39, 0.29) is 17.5 Å². The number of carbonyl (C=O) groups is 1. The average molecular weight is 510 g/mol. The molecular formula is C27H32ClN5O3. The van der Waals surface area contributed by atoms with Crippen molar-refractivity contribution >= 4 is 34.1 Å². The van der Waals surface area contributed by atoms with Crippen molar-refractivity contribution in [2.24, 2.45) is 0 Å². The minimum absolute atomic E-state index is 0.189. The predicted molar refractivity (Wildman–Crippen MR) is 142 cm³/mol. The highest BCUT2D eigenvalue weighted by molar-refractivity contribution is 6.32. The Morgan fingerprint density at radius 3 is 2.69 bits per heavy atom. The van der Waals surface area contributed by atoms with Crippen molar-refractivity contribution in [3.8, 4) is 11.6 Å². The number of benzene rings is 1. The zero-order chi connectivity index (χ0) is 25.4. The highest BCUT2D eigenvalue weighted by atomic mass is 35.5. The number of hydrogen-bond acceptors (Lipinski definition) is 7. The summed E-state index contributed by atoms with van der Waals surface area (Å²) in [6.45, 7) is 6.39. The maximum Gasteiger partial charge on any atom is 0.255 e. The number of ether oxygens (including phenoxy) is 2. The molecule has 2 N–H and O–H groups in total. The lowest BCUT2D eigenvalue weighted by molar-refractivity contribution is 0.0940. The number of nitrogens with zero attached hydrogens (tertiary/aromatic N) is 3. The van der Waals surface area contributed by atoms with Crippen LogP contribution < -0.4 is 25.0 Å². The Morgan fingerprint density at radius 2 is 2.00 bits per heavy atom. The predicted octanol–water partition coefficient (Wildman–Crippen LogP) is 4.43. The normalized spacial score (nSPS) is 17.5. The molecule has 1 aromatic carbocycles. The van der Waals surface area contributed by atoms with E-state index < -0.39 is 0 Å². The first-order valence-corrected chi connectivity index (χ1v) is 12.7. The molecule has 3 heterocycles.